The summed E-state index contributed by atoms with van der Waals surface area (Å²) in [5.74, 6) is -0.00399. The van der Waals surface area contributed by atoms with Crippen LogP contribution in [0.4, 0.5) is 0 Å². The summed E-state index contributed by atoms with van der Waals surface area (Å²) in [7, 11) is 0. The van der Waals surface area contributed by atoms with Gasteiger partial charge in [-0.25, -0.2) is 4.98 Å². The molecule has 5 aromatic rings. The predicted molar refractivity (Wildman–Crippen MR) is 106 cm³/mol. The lowest BCUT2D eigenvalue weighted by Gasteiger charge is -2.05. The van der Waals surface area contributed by atoms with Gasteiger partial charge >= 0.3 is 0 Å². The van der Waals surface area contributed by atoms with Crippen molar-refractivity contribution in [1.29, 1.82) is 0 Å². The molecule has 0 saturated heterocycles. The standard InChI is InChI=1S/C18H10N2O2S3/c21-12-7-14(22)20-16-15-10(9-3-5-23-8-9)6-11(13-2-1-4-24-13)19-18(15)25-17(12)16/h1-8H,(H2,20,21,22). The van der Waals surface area contributed by atoms with Gasteiger partial charge in [0.1, 0.15) is 10.6 Å². The van der Waals surface area contributed by atoms with E-state index in [2.05, 4.69) is 22.5 Å². The zero-order valence-corrected chi connectivity index (χ0v) is 15.1. The van der Waals surface area contributed by atoms with Crippen LogP contribution in [0.25, 0.3) is 42.1 Å². The molecule has 0 amide bonds. The molecule has 0 aliphatic heterocycles. The first-order chi connectivity index (χ1) is 12.2. The van der Waals surface area contributed by atoms with Gasteiger partial charge in [0.25, 0.3) is 5.56 Å². The summed E-state index contributed by atoms with van der Waals surface area (Å²) in [4.78, 5) is 21.4. The van der Waals surface area contributed by atoms with Gasteiger partial charge < -0.3 is 10.1 Å². The molecular weight excluding hydrogens is 372 g/mol. The molecule has 5 rings (SSSR count). The van der Waals surface area contributed by atoms with Gasteiger partial charge in [0.15, 0.2) is 0 Å². The van der Waals surface area contributed by atoms with E-state index in [-0.39, 0.29) is 11.3 Å². The molecule has 0 unspecified atom stereocenters. The Morgan fingerprint density at radius 1 is 1.16 bits per heavy atom. The molecule has 0 radical (unpaired) electrons. The number of aromatic amines is 1. The molecular formula is C18H10N2O2S3. The summed E-state index contributed by atoms with van der Waals surface area (Å²) in [6.45, 7) is 0. The molecule has 0 saturated carbocycles. The zero-order valence-electron chi connectivity index (χ0n) is 12.6. The Labute approximate surface area is 153 Å². The molecule has 5 aromatic heterocycles. The number of thiophene rings is 3. The molecule has 122 valence electrons. The van der Waals surface area contributed by atoms with Gasteiger partial charge in [-0.2, -0.15) is 11.3 Å². The minimum absolute atomic E-state index is 0.00399. The second-order valence-corrected chi connectivity index (χ2v) is 8.28. The van der Waals surface area contributed by atoms with Crippen molar-refractivity contribution in [3.8, 4) is 27.4 Å². The summed E-state index contributed by atoms with van der Waals surface area (Å²) in [6, 6.07) is 9.38. The molecule has 7 heteroatoms. The smallest absolute Gasteiger partial charge is 0.252 e. The number of nitrogens with one attached hydrogen (secondary N) is 1. The van der Waals surface area contributed by atoms with Crippen molar-refractivity contribution in [2.45, 2.75) is 0 Å². The molecule has 0 fully saturated rings. The minimum Gasteiger partial charge on any atom is -0.506 e. The fraction of sp³-hybridized carbons (Fsp3) is 0. The Kier molecular flexibility index (Phi) is 3.27. The summed E-state index contributed by atoms with van der Waals surface area (Å²) >= 11 is 4.66. The van der Waals surface area contributed by atoms with Gasteiger partial charge in [-0.05, 0) is 45.5 Å². The van der Waals surface area contributed by atoms with Crippen molar-refractivity contribution >= 4 is 54.4 Å². The van der Waals surface area contributed by atoms with Crippen LogP contribution in [0.1, 0.15) is 0 Å². The van der Waals surface area contributed by atoms with Crippen LogP contribution in [-0.4, -0.2) is 15.1 Å². The Bertz CT molecular complexity index is 1270. The average Bonchev–Trinajstić information content (AvgIpc) is 3.34. The maximum absolute atomic E-state index is 11.9. The Hall–Kier alpha value is -2.48. The minimum atomic E-state index is -0.316. The number of aromatic nitrogens is 2. The van der Waals surface area contributed by atoms with E-state index in [0.717, 1.165) is 31.9 Å². The van der Waals surface area contributed by atoms with Crippen molar-refractivity contribution in [3.63, 3.8) is 0 Å². The van der Waals surface area contributed by atoms with Gasteiger partial charge in [-0.15, -0.1) is 22.7 Å². The largest absolute Gasteiger partial charge is 0.506 e. The maximum Gasteiger partial charge on any atom is 0.252 e. The maximum atomic E-state index is 11.9. The molecule has 0 spiro atoms. The Morgan fingerprint density at radius 2 is 2.08 bits per heavy atom. The highest BCUT2D eigenvalue weighted by Gasteiger charge is 2.18. The highest BCUT2D eigenvalue weighted by Crippen LogP contribution is 2.43. The predicted octanol–water partition coefficient (Wildman–Crippen LogP) is 5.30. The van der Waals surface area contributed by atoms with Crippen LogP contribution in [0.5, 0.6) is 5.75 Å². The first-order valence-corrected chi connectivity index (χ1v) is 10.1. The van der Waals surface area contributed by atoms with E-state index in [4.69, 9.17) is 4.98 Å². The lowest BCUT2D eigenvalue weighted by atomic mass is 10.0. The third-order valence-electron chi connectivity index (χ3n) is 4.02. The molecule has 5 heterocycles. The monoisotopic (exact) mass is 382 g/mol. The molecule has 2 N–H and O–H groups in total. The fourth-order valence-corrected chi connectivity index (χ4v) is 5.36. The highest BCUT2D eigenvalue weighted by molar-refractivity contribution is 7.25. The van der Waals surface area contributed by atoms with Crippen molar-refractivity contribution in [2.75, 3.05) is 0 Å². The van der Waals surface area contributed by atoms with Gasteiger partial charge in [0.2, 0.25) is 0 Å². The van der Waals surface area contributed by atoms with Crippen LogP contribution in [-0.2, 0) is 0 Å². The number of H-pyrrole nitrogens is 1. The molecule has 0 aromatic carbocycles. The van der Waals surface area contributed by atoms with E-state index in [1.807, 2.05) is 22.9 Å². The molecule has 4 nitrogen and oxygen atoms in total. The Balaban J connectivity index is 1.97. The second kappa shape index (κ2) is 5.52. The number of fused-ring (bicyclic) bond motifs is 3. The van der Waals surface area contributed by atoms with Gasteiger partial charge in [-0.1, -0.05) is 6.07 Å². The molecule has 0 atom stereocenters. The molecule has 0 aliphatic carbocycles. The number of aromatic hydroxyl groups is 1. The van der Waals surface area contributed by atoms with E-state index < -0.39 is 0 Å². The summed E-state index contributed by atoms with van der Waals surface area (Å²) < 4.78 is 0.655. The van der Waals surface area contributed by atoms with Crippen molar-refractivity contribution in [3.05, 3.63) is 56.8 Å². The van der Waals surface area contributed by atoms with Gasteiger partial charge in [0, 0.05) is 11.5 Å². The third-order valence-corrected chi connectivity index (χ3v) is 6.70. The SMILES string of the molecule is O=c1cc(O)c2sc3nc(-c4cccs4)cc(-c4ccsc4)c3c2[nH]1. The summed E-state index contributed by atoms with van der Waals surface area (Å²) in [5.41, 5.74) is 3.33. The van der Waals surface area contributed by atoms with Crippen LogP contribution in [0, 0.1) is 0 Å². The Morgan fingerprint density at radius 3 is 2.84 bits per heavy atom. The van der Waals surface area contributed by atoms with E-state index in [0.29, 0.717) is 10.2 Å². The van der Waals surface area contributed by atoms with Crippen LogP contribution in [0.2, 0.25) is 0 Å². The fourth-order valence-electron chi connectivity index (χ4n) is 2.94. The average molecular weight is 382 g/mol. The summed E-state index contributed by atoms with van der Waals surface area (Å²) in [5, 5.41) is 17.2. The van der Waals surface area contributed by atoms with E-state index in [1.165, 1.54) is 17.4 Å². The normalized spacial score (nSPS) is 11.5. The third kappa shape index (κ3) is 2.31. The first kappa shape index (κ1) is 14.8. The number of hydrogen-bond acceptors (Lipinski definition) is 6. The van der Waals surface area contributed by atoms with Gasteiger partial charge in [0.05, 0.1) is 20.8 Å². The molecule has 25 heavy (non-hydrogen) atoms. The zero-order chi connectivity index (χ0) is 17.0. The highest BCUT2D eigenvalue weighted by atomic mass is 32.1. The molecule has 0 bridgehead atoms. The number of rotatable bonds is 2. The summed E-state index contributed by atoms with van der Waals surface area (Å²) in [6.07, 6.45) is 0. The lowest BCUT2D eigenvalue weighted by Crippen LogP contribution is -2.02. The lowest BCUT2D eigenvalue weighted by molar-refractivity contribution is 0.481. The van der Waals surface area contributed by atoms with Gasteiger partial charge in [-0.3, -0.25) is 4.79 Å². The number of pyridine rings is 2. The van der Waals surface area contributed by atoms with E-state index in [1.54, 1.807) is 22.7 Å². The number of nitrogens with zero attached hydrogens (tertiary/aromatic N) is 1. The van der Waals surface area contributed by atoms with Crippen LogP contribution < -0.4 is 5.56 Å². The molecule has 0 aliphatic rings. The van der Waals surface area contributed by atoms with Crippen molar-refractivity contribution in [1.82, 2.24) is 9.97 Å². The van der Waals surface area contributed by atoms with E-state index in [9.17, 15) is 9.90 Å². The van der Waals surface area contributed by atoms with Crippen LogP contribution >= 0.6 is 34.0 Å². The first-order valence-electron chi connectivity index (χ1n) is 7.47. The van der Waals surface area contributed by atoms with Crippen molar-refractivity contribution in [2.24, 2.45) is 0 Å². The van der Waals surface area contributed by atoms with Crippen LogP contribution in [0.3, 0.4) is 0 Å². The quantitative estimate of drug-likeness (QED) is 0.435. The van der Waals surface area contributed by atoms with E-state index >= 15 is 0 Å². The topological polar surface area (TPSA) is 66.0 Å². The second-order valence-electron chi connectivity index (χ2n) is 5.55. The van der Waals surface area contributed by atoms with Crippen molar-refractivity contribution < 1.29 is 5.11 Å². The number of hydrogen-bond donors (Lipinski definition) is 2. The van der Waals surface area contributed by atoms with Crippen LogP contribution in [0.15, 0.2) is 51.3 Å².